The minimum Gasteiger partial charge on any atom is -0.204 e. The van der Waals surface area contributed by atoms with Crippen LogP contribution in [0.2, 0.25) is 0 Å². The summed E-state index contributed by atoms with van der Waals surface area (Å²) in [6.45, 7) is 6.18. The lowest BCUT2D eigenvalue weighted by Gasteiger charge is -2.14. The summed E-state index contributed by atoms with van der Waals surface area (Å²) >= 11 is 0. The highest BCUT2D eigenvalue weighted by atomic mass is 19.2. The molecule has 0 radical (unpaired) electrons. The predicted octanol–water partition coefficient (Wildman–Crippen LogP) is 5.06. The van der Waals surface area contributed by atoms with Gasteiger partial charge in [0, 0.05) is 0 Å². The number of benzene rings is 2. The Balaban J connectivity index is 2.61. The van der Waals surface area contributed by atoms with Crippen LogP contribution in [0.1, 0.15) is 30.9 Å². The van der Waals surface area contributed by atoms with Crippen molar-refractivity contribution in [1.29, 1.82) is 0 Å². The molecule has 18 heavy (non-hydrogen) atoms. The number of aryl methyl sites for hydroxylation is 1. The molecule has 2 aromatic carbocycles. The Hall–Kier alpha value is -1.70. The van der Waals surface area contributed by atoms with E-state index in [2.05, 4.69) is 19.9 Å². The fraction of sp³-hybridized carbons (Fsp3) is 0.250. The van der Waals surface area contributed by atoms with Crippen LogP contribution >= 0.6 is 0 Å². The van der Waals surface area contributed by atoms with Gasteiger partial charge in [0.25, 0.3) is 0 Å². The maximum absolute atomic E-state index is 13.3. The summed E-state index contributed by atoms with van der Waals surface area (Å²) in [7, 11) is 0. The summed E-state index contributed by atoms with van der Waals surface area (Å²) in [5, 5.41) is 0. The zero-order valence-electron chi connectivity index (χ0n) is 10.8. The van der Waals surface area contributed by atoms with Gasteiger partial charge in [-0.1, -0.05) is 43.7 Å². The molecule has 0 heterocycles. The zero-order chi connectivity index (χ0) is 13.3. The number of halogens is 2. The Kier molecular flexibility index (Phi) is 3.46. The van der Waals surface area contributed by atoms with Gasteiger partial charge in [-0.3, -0.25) is 0 Å². The van der Waals surface area contributed by atoms with Gasteiger partial charge in [-0.05, 0) is 41.7 Å². The minimum atomic E-state index is -0.808. The van der Waals surface area contributed by atoms with Gasteiger partial charge in [-0.25, -0.2) is 8.78 Å². The van der Waals surface area contributed by atoms with Gasteiger partial charge in [0.15, 0.2) is 11.6 Å². The Morgan fingerprint density at radius 2 is 1.61 bits per heavy atom. The number of rotatable bonds is 2. The summed E-state index contributed by atoms with van der Waals surface area (Å²) in [6, 6.07) is 10.2. The van der Waals surface area contributed by atoms with Crippen LogP contribution in [0.25, 0.3) is 11.1 Å². The normalized spacial score (nSPS) is 11.0. The van der Waals surface area contributed by atoms with Gasteiger partial charge in [0.05, 0.1) is 0 Å². The average Bonchev–Trinajstić information content (AvgIpc) is 2.32. The molecule has 0 aromatic heterocycles. The first-order valence-electron chi connectivity index (χ1n) is 6.05. The fourth-order valence-electron chi connectivity index (χ4n) is 2.09. The summed E-state index contributed by atoms with van der Waals surface area (Å²) < 4.78 is 26.3. The quantitative estimate of drug-likeness (QED) is 0.694. The van der Waals surface area contributed by atoms with Crippen LogP contribution in [0, 0.1) is 18.6 Å². The first kappa shape index (κ1) is 12.7. The zero-order valence-corrected chi connectivity index (χ0v) is 10.8. The third kappa shape index (κ3) is 2.42. The largest absolute Gasteiger partial charge is 0.204 e. The molecule has 0 unspecified atom stereocenters. The van der Waals surface area contributed by atoms with Crippen LogP contribution in [-0.4, -0.2) is 0 Å². The third-order valence-electron chi connectivity index (χ3n) is 3.06. The van der Waals surface area contributed by atoms with Crippen molar-refractivity contribution in [2.45, 2.75) is 26.7 Å². The Morgan fingerprint density at radius 1 is 0.889 bits per heavy atom. The molecule has 0 bridgehead atoms. The monoisotopic (exact) mass is 246 g/mol. The standard InChI is InChI=1S/C16H16F2/c1-10(2)13-6-4-11(3)8-14(13)12-5-7-15(17)16(18)9-12/h4-10H,1-3H3. The SMILES string of the molecule is Cc1ccc(C(C)C)c(-c2ccc(F)c(F)c2)c1. The van der Waals surface area contributed by atoms with Crippen molar-refractivity contribution in [3.05, 3.63) is 59.2 Å². The second-order valence-electron chi connectivity index (χ2n) is 4.87. The maximum Gasteiger partial charge on any atom is 0.159 e. The van der Waals surface area contributed by atoms with Crippen molar-refractivity contribution in [1.82, 2.24) is 0 Å². The van der Waals surface area contributed by atoms with E-state index in [1.165, 1.54) is 12.1 Å². The Morgan fingerprint density at radius 3 is 2.22 bits per heavy atom. The van der Waals surface area contributed by atoms with Crippen LogP contribution in [0.15, 0.2) is 36.4 Å². The molecule has 0 nitrogen and oxygen atoms in total. The highest BCUT2D eigenvalue weighted by Crippen LogP contribution is 2.30. The molecule has 2 aromatic rings. The molecule has 94 valence electrons. The third-order valence-corrected chi connectivity index (χ3v) is 3.06. The molecule has 0 amide bonds. The van der Waals surface area contributed by atoms with Gasteiger partial charge in [0.1, 0.15) is 0 Å². The molecule has 0 spiro atoms. The summed E-state index contributed by atoms with van der Waals surface area (Å²) in [5.74, 6) is -1.27. The Bertz CT molecular complexity index is 571. The van der Waals surface area contributed by atoms with Gasteiger partial charge < -0.3 is 0 Å². The van der Waals surface area contributed by atoms with Gasteiger partial charge in [0.2, 0.25) is 0 Å². The number of hydrogen-bond donors (Lipinski definition) is 0. The van der Waals surface area contributed by atoms with Crippen molar-refractivity contribution in [2.24, 2.45) is 0 Å². The van der Waals surface area contributed by atoms with E-state index < -0.39 is 11.6 Å². The van der Waals surface area contributed by atoms with Crippen LogP contribution in [0.4, 0.5) is 8.78 Å². The van der Waals surface area contributed by atoms with E-state index in [-0.39, 0.29) is 0 Å². The van der Waals surface area contributed by atoms with Crippen molar-refractivity contribution in [3.8, 4) is 11.1 Å². The molecule has 0 saturated heterocycles. The predicted molar refractivity (Wildman–Crippen MR) is 70.6 cm³/mol. The van der Waals surface area contributed by atoms with E-state index in [4.69, 9.17) is 0 Å². The number of hydrogen-bond acceptors (Lipinski definition) is 0. The lowest BCUT2D eigenvalue weighted by molar-refractivity contribution is 0.509. The second-order valence-corrected chi connectivity index (χ2v) is 4.87. The van der Waals surface area contributed by atoms with E-state index in [9.17, 15) is 8.78 Å². The first-order chi connectivity index (χ1) is 8.49. The van der Waals surface area contributed by atoms with E-state index >= 15 is 0 Å². The fourth-order valence-corrected chi connectivity index (χ4v) is 2.09. The summed E-state index contributed by atoms with van der Waals surface area (Å²) in [5.41, 5.74) is 3.95. The van der Waals surface area contributed by atoms with Crippen molar-refractivity contribution in [2.75, 3.05) is 0 Å². The smallest absolute Gasteiger partial charge is 0.159 e. The van der Waals surface area contributed by atoms with Gasteiger partial charge in [-0.2, -0.15) is 0 Å². The second kappa shape index (κ2) is 4.89. The molecule has 2 rings (SSSR count). The van der Waals surface area contributed by atoms with Crippen molar-refractivity contribution >= 4 is 0 Å². The van der Waals surface area contributed by atoms with Crippen molar-refractivity contribution < 1.29 is 8.78 Å². The molecular weight excluding hydrogens is 230 g/mol. The van der Waals surface area contributed by atoms with Crippen LogP contribution in [0.3, 0.4) is 0 Å². The lowest BCUT2D eigenvalue weighted by Crippen LogP contribution is -1.94. The average molecular weight is 246 g/mol. The van der Waals surface area contributed by atoms with E-state index in [1.54, 1.807) is 6.07 Å². The highest BCUT2D eigenvalue weighted by Gasteiger charge is 2.11. The van der Waals surface area contributed by atoms with Gasteiger partial charge >= 0.3 is 0 Å². The van der Waals surface area contributed by atoms with E-state index in [0.717, 1.165) is 22.3 Å². The van der Waals surface area contributed by atoms with Crippen molar-refractivity contribution in [3.63, 3.8) is 0 Å². The minimum absolute atomic E-state index is 0.341. The highest BCUT2D eigenvalue weighted by molar-refractivity contribution is 5.69. The van der Waals surface area contributed by atoms with Crippen LogP contribution in [0.5, 0.6) is 0 Å². The summed E-state index contributed by atoms with van der Waals surface area (Å²) in [4.78, 5) is 0. The molecule has 0 aliphatic rings. The molecular formula is C16H16F2. The van der Waals surface area contributed by atoms with Gasteiger partial charge in [-0.15, -0.1) is 0 Å². The maximum atomic E-state index is 13.3. The van der Waals surface area contributed by atoms with E-state index in [1.807, 2.05) is 19.1 Å². The molecule has 0 fully saturated rings. The lowest BCUT2D eigenvalue weighted by atomic mass is 9.91. The molecule has 0 aliphatic heterocycles. The molecule has 0 saturated carbocycles. The first-order valence-corrected chi connectivity index (χ1v) is 6.05. The summed E-state index contributed by atoms with van der Waals surface area (Å²) in [6.07, 6.45) is 0. The molecule has 0 N–H and O–H groups in total. The molecule has 2 heteroatoms. The topological polar surface area (TPSA) is 0 Å². The van der Waals surface area contributed by atoms with Crippen LogP contribution in [-0.2, 0) is 0 Å². The van der Waals surface area contributed by atoms with Crippen LogP contribution < -0.4 is 0 Å². The molecule has 0 atom stereocenters. The molecule has 0 aliphatic carbocycles. The Labute approximate surface area is 106 Å². The van der Waals surface area contributed by atoms with E-state index in [0.29, 0.717) is 5.92 Å².